The molecule has 3 rings (SSSR count). The number of amides is 1. The molecule has 0 aliphatic carbocycles. The van der Waals surface area contributed by atoms with E-state index in [-0.39, 0.29) is 17.7 Å². The second-order valence-electron chi connectivity index (χ2n) is 6.59. The summed E-state index contributed by atoms with van der Waals surface area (Å²) in [6.45, 7) is 7.28. The highest BCUT2D eigenvalue weighted by molar-refractivity contribution is 7.09. The van der Waals surface area contributed by atoms with Gasteiger partial charge in [-0.15, -0.1) is 11.3 Å². The van der Waals surface area contributed by atoms with Crippen molar-refractivity contribution in [1.29, 1.82) is 0 Å². The maximum atomic E-state index is 12.3. The number of nitrogens with zero attached hydrogens (tertiary/aromatic N) is 1. The number of aromatic nitrogens is 1. The molecule has 2 aromatic rings. The number of thiazole rings is 1. The lowest BCUT2D eigenvalue weighted by molar-refractivity contribution is -0.115. The van der Waals surface area contributed by atoms with Gasteiger partial charge in [-0.05, 0) is 0 Å². The van der Waals surface area contributed by atoms with Crippen LogP contribution in [-0.2, 0) is 16.6 Å². The number of rotatable bonds is 3. The minimum absolute atomic E-state index is 0.0153. The van der Waals surface area contributed by atoms with Gasteiger partial charge < -0.3 is 14.8 Å². The number of carbonyl (C=O) groups excluding carboxylic acids is 1. The van der Waals surface area contributed by atoms with E-state index in [2.05, 4.69) is 31.1 Å². The van der Waals surface area contributed by atoms with Crippen molar-refractivity contribution in [1.82, 2.24) is 4.98 Å². The van der Waals surface area contributed by atoms with Crippen LogP contribution in [0.1, 0.15) is 31.5 Å². The predicted octanol–water partition coefficient (Wildman–Crippen LogP) is 4.05. The summed E-state index contributed by atoms with van der Waals surface area (Å²) >= 11 is 7.78. The summed E-state index contributed by atoms with van der Waals surface area (Å²) in [6, 6.07) is 3.35. The number of hydrogen-bond donors (Lipinski definition) is 1. The first-order valence-corrected chi connectivity index (χ1v) is 8.92. The molecule has 24 heavy (non-hydrogen) atoms. The van der Waals surface area contributed by atoms with Crippen LogP contribution in [0.25, 0.3) is 0 Å². The van der Waals surface area contributed by atoms with E-state index in [1.807, 2.05) is 5.38 Å². The Morgan fingerprint density at radius 1 is 1.29 bits per heavy atom. The number of hydrogen-bond acceptors (Lipinski definition) is 5. The molecule has 1 amide bonds. The molecule has 1 aliphatic heterocycles. The quantitative estimate of drug-likeness (QED) is 0.890. The van der Waals surface area contributed by atoms with Crippen LogP contribution >= 0.6 is 22.9 Å². The highest BCUT2D eigenvalue weighted by Gasteiger charge is 2.20. The second-order valence-corrected chi connectivity index (χ2v) is 7.86. The third-order valence-electron chi connectivity index (χ3n) is 3.44. The second kappa shape index (κ2) is 6.61. The van der Waals surface area contributed by atoms with Gasteiger partial charge in [0.15, 0.2) is 11.5 Å². The lowest BCUT2D eigenvalue weighted by atomic mass is 9.98. The van der Waals surface area contributed by atoms with Crippen molar-refractivity contribution in [2.45, 2.75) is 32.6 Å². The zero-order valence-electron chi connectivity index (χ0n) is 13.8. The Kier molecular flexibility index (Phi) is 4.69. The van der Waals surface area contributed by atoms with Crippen LogP contribution in [0, 0.1) is 0 Å². The van der Waals surface area contributed by atoms with Gasteiger partial charge in [-0.3, -0.25) is 4.79 Å². The maximum absolute atomic E-state index is 12.3. The minimum Gasteiger partial charge on any atom is -0.486 e. The predicted molar refractivity (Wildman–Crippen MR) is 95.6 cm³/mol. The molecular weight excluding hydrogens is 348 g/mol. The molecular formula is C17H19ClN2O3S. The van der Waals surface area contributed by atoms with Crippen molar-refractivity contribution in [2.24, 2.45) is 0 Å². The normalized spacial score (nSPS) is 13.7. The Morgan fingerprint density at radius 3 is 2.58 bits per heavy atom. The molecule has 1 aromatic heterocycles. The Bertz CT molecular complexity index is 768. The Labute approximate surface area is 150 Å². The van der Waals surface area contributed by atoms with E-state index in [1.54, 1.807) is 23.5 Å². The molecule has 128 valence electrons. The summed E-state index contributed by atoms with van der Waals surface area (Å²) < 4.78 is 11.0. The summed E-state index contributed by atoms with van der Waals surface area (Å²) in [6.07, 6.45) is 0.206. The van der Waals surface area contributed by atoms with Gasteiger partial charge in [0.05, 0.1) is 27.8 Å². The van der Waals surface area contributed by atoms with Crippen LogP contribution in [0.4, 0.5) is 5.69 Å². The SMILES string of the molecule is CC(C)(C)c1nc(CC(=O)Nc2cc3c(cc2Cl)OCCO3)cs1. The fraction of sp³-hybridized carbons (Fsp3) is 0.412. The first-order chi connectivity index (χ1) is 11.3. The van der Waals surface area contributed by atoms with Crippen molar-refractivity contribution in [3.63, 3.8) is 0 Å². The topological polar surface area (TPSA) is 60.5 Å². The molecule has 0 radical (unpaired) electrons. The third-order valence-corrected chi connectivity index (χ3v) is 5.07. The summed E-state index contributed by atoms with van der Waals surface area (Å²) in [5.41, 5.74) is 1.26. The molecule has 0 bridgehead atoms. The van der Waals surface area contributed by atoms with Crippen molar-refractivity contribution >= 4 is 34.5 Å². The lowest BCUT2D eigenvalue weighted by Crippen LogP contribution is -2.18. The first kappa shape index (κ1) is 17.0. The molecule has 7 heteroatoms. The van der Waals surface area contributed by atoms with Crippen molar-refractivity contribution < 1.29 is 14.3 Å². The van der Waals surface area contributed by atoms with Crippen LogP contribution < -0.4 is 14.8 Å². The largest absolute Gasteiger partial charge is 0.486 e. The highest BCUT2D eigenvalue weighted by Crippen LogP contribution is 2.38. The average molecular weight is 367 g/mol. The minimum atomic E-state index is -0.167. The van der Waals surface area contributed by atoms with Gasteiger partial charge in [-0.25, -0.2) is 4.98 Å². The Morgan fingerprint density at radius 2 is 1.96 bits per heavy atom. The van der Waals surface area contributed by atoms with Gasteiger partial charge in [0.1, 0.15) is 13.2 Å². The van der Waals surface area contributed by atoms with Crippen LogP contribution in [0.5, 0.6) is 11.5 Å². The number of anilines is 1. The highest BCUT2D eigenvalue weighted by atomic mass is 35.5. The number of fused-ring (bicyclic) bond motifs is 1. The zero-order chi connectivity index (χ0) is 17.3. The summed E-state index contributed by atoms with van der Waals surface area (Å²) in [5, 5.41) is 6.17. The molecule has 1 aromatic carbocycles. The van der Waals surface area contributed by atoms with E-state index < -0.39 is 0 Å². The van der Waals surface area contributed by atoms with E-state index in [1.165, 1.54) is 0 Å². The van der Waals surface area contributed by atoms with E-state index >= 15 is 0 Å². The van der Waals surface area contributed by atoms with Crippen LogP contribution in [0.2, 0.25) is 5.02 Å². The molecule has 1 N–H and O–H groups in total. The Hall–Kier alpha value is -1.79. The Balaban J connectivity index is 1.70. The van der Waals surface area contributed by atoms with E-state index in [0.29, 0.717) is 35.4 Å². The summed E-state index contributed by atoms with van der Waals surface area (Å²) in [5.74, 6) is 1.02. The van der Waals surface area contributed by atoms with Gasteiger partial charge in [0.25, 0.3) is 0 Å². The molecule has 1 aliphatic rings. The number of benzene rings is 1. The molecule has 0 saturated heterocycles. The first-order valence-electron chi connectivity index (χ1n) is 7.67. The maximum Gasteiger partial charge on any atom is 0.230 e. The summed E-state index contributed by atoms with van der Waals surface area (Å²) in [4.78, 5) is 16.8. The zero-order valence-corrected chi connectivity index (χ0v) is 15.4. The van der Waals surface area contributed by atoms with Gasteiger partial charge in [0, 0.05) is 22.9 Å². The number of halogens is 1. The van der Waals surface area contributed by atoms with Gasteiger partial charge >= 0.3 is 0 Å². The van der Waals surface area contributed by atoms with Crippen molar-refractivity contribution in [2.75, 3.05) is 18.5 Å². The molecule has 5 nitrogen and oxygen atoms in total. The number of nitrogens with one attached hydrogen (secondary N) is 1. The molecule has 0 fully saturated rings. The fourth-order valence-corrected chi connectivity index (χ4v) is 3.36. The molecule has 0 spiro atoms. The number of carbonyl (C=O) groups is 1. The van der Waals surface area contributed by atoms with Gasteiger partial charge in [-0.2, -0.15) is 0 Å². The fourth-order valence-electron chi connectivity index (χ4n) is 2.25. The number of ether oxygens (including phenoxy) is 2. The van der Waals surface area contributed by atoms with Crippen LogP contribution in [0.15, 0.2) is 17.5 Å². The third kappa shape index (κ3) is 3.82. The molecule has 2 heterocycles. The smallest absolute Gasteiger partial charge is 0.230 e. The lowest BCUT2D eigenvalue weighted by Gasteiger charge is -2.20. The molecule has 0 saturated carbocycles. The molecule has 0 atom stereocenters. The van der Waals surface area contributed by atoms with E-state index in [4.69, 9.17) is 21.1 Å². The standard InChI is InChI=1S/C17H19ClN2O3S/c1-17(2,3)16-19-10(9-24-16)6-15(21)20-12-8-14-13(7-11(12)18)22-4-5-23-14/h7-9H,4-6H2,1-3H3,(H,20,21). The average Bonchev–Trinajstić information content (AvgIpc) is 2.96. The van der Waals surface area contributed by atoms with E-state index in [0.717, 1.165) is 10.7 Å². The van der Waals surface area contributed by atoms with E-state index in [9.17, 15) is 4.79 Å². The summed E-state index contributed by atoms with van der Waals surface area (Å²) in [7, 11) is 0. The van der Waals surface area contributed by atoms with Crippen LogP contribution in [0.3, 0.4) is 0 Å². The van der Waals surface area contributed by atoms with Crippen LogP contribution in [-0.4, -0.2) is 24.1 Å². The van der Waals surface area contributed by atoms with Gasteiger partial charge in [0.2, 0.25) is 5.91 Å². The van der Waals surface area contributed by atoms with Crippen molar-refractivity contribution in [3.8, 4) is 11.5 Å². The molecule has 0 unspecified atom stereocenters. The van der Waals surface area contributed by atoms with Gasteiger partial charge in [-0.1, -0.05) is 32.4 Å². The van der Waals surface area contributed by atoms with Crippen molar-refractivity contribution in [3.05, 3.63) is 33.2 Å². The monoisotopic (exact) mass is 366 g/mol.